The number of H-pyrrole nitrogens is 1. The first kappa shape index (κ1) is 24.0. The summed E-state index contributed by atoms with van der Waals surface area (Å²) >= 11 is 0. The van der Waals surface area contributed by atoms with E-state index < -0.39 is 15.9 Å². The van der Waals surface area contributed by atoms with Gasteiger partial charge in [0.1, 0.15) is 10.6 Å². The molecule has 0 aliphatic carbocycles. The number of aromatic nitrogens is 1. The maximum atomic E-state index is 13.4. The lowest BCUT2D eigenvalue weighted by molar-refractivity contribution is 0.0950. The molecule has 1 aromatic heterocycles. The molecule has 2 atom stereocenters. The first-order valence-corrected chi connectivity index (χ1v) is 12.1. The predicted octanol–water partition coefficient (Wildman–Crippen LogP) is 2.60. The highest BCUT2D eigenvalue weighted by Crippen LogP contribution is 2.32. The number of amides is 1. The van der Waals surface area contributed by atoms with Crippen LogP contribution < -0.4 is 15.6 Å². The number of carbonyl (C=O) groups is 1. The minimum atomic E-state index is -3.84. The van der Waals surface area contributed by atoms with Crippen LogP contribution >= 0.6 is 0 Å². The molecule has 1 amide bonds. The molecule has 2 aromatic rings. The Labute approximate surface area is 189 Å². The molecule has 9 heteroatoms. The normalized spacial score (nSPS) is 19.5. The molecular formula is C23H31N3O5S. The zero-order valence-electron chi connectivity index (χ0n) is 19.2. The molecule has 1 aliphatic heterocycles. The van der Waals surface area contributed by atoms with Crippen LogP contribution in [0.15, 0.2) is 34.0 Å². The maximum absolute atomic E-state index is 13.4. The quantitative estimate of drug-likeness (QED) is 0.687. The number of sulfonamides is 1. The van der Waals surface area contributed by atoms with Gasteiger partial charge in [-0.15, -0.1) is 0 Å². The smallest absolute Gasteiger partial charge is 0.253 e. The van der Waals surface area contributed by atoms with Crippen molar-refractivity contribution in [3.05, 3.63) is 57.0 Å². The summed E-state index contributed by atoms with van der Waals surface area (Å²) < 4.78 is 33.6. The summed E-state index contributed by atoms with van der Waals surface area (Å²) in [6.45, 7) is 8.57. The molecular weight excluding hydrogens is 430 g/mol. The van der Waals surface area contributed by atoms with Crippen molar-refractivity contribution in [1.29, 1.82) is 0 Å². The number of benzene rings is 1. The van der Waals surface area contributed by atoms with Crippen LogP contribution in [0.4, 0.5) is 0 Å². The molecule has 8 nitrogen and oxygen atoms in total. The van der Waals surface area contributed by atoms with Gasteiger partial charge in [0, 0.05) is 36.5 Å². The Balaban J connectivity index is 1.87. The lowest BCUT2D eigenvalue weighted by Crippen LogP contribution is -2.42. The van der Waals surface area contributed by atoms with Crippen molar-refractivity contribution in [2.24, 2.45) is 11.8 Å². The third-order valence-corrected chi connectivity index (χ3v) is 7.65. The van der Waals surface area contributed by atoms with Gasteiger partial charge < -0.3 is 15.0 Å². The van der Waals surface area contributed by atoms with E-state index in [4.69, 9.17) is 4.74 Å². The molecule has 2 N–H and O–H groups in total. The third-order valence-electron chi connectivity index (χ3n) is 5.80. The van der Waals surface area contributed by atoms with Crippen LogP contribution in [0.1, 0.15) is 47.4 Å². The van der Waals surface area contributed by atoms with Crippen molar-refractivity contribution in [2.75, 3.05) is 20.2 Å². The lowest BCUT2D eigenvalue weighted by atomic mass is 9.94. The van der Waals surface area contributed by atoms with E-state index in [-0.39, 0.29) is 40.1 Å². The number of nitrogens with one attached hydrogen (secondary N) is 2. The molecule has 0 bridgehead atoms. The molecule has 0 spiro atoms. The first-order chi connectivity index (χ1) is 15.0. The SMILES string of the molecule is COc1ccc(C(=O)NCc2c(C)cc(C)[nH]c2=O)cc1S(=O)(=O)N1C[C@@H](C)C[C@H](C)C1. The van der Waals surface area contributed by atoms with E-state index in [1.165, 1.54) is 29.6 Å². The number of nitrogens with zero attached hydrogens (tertiary/aromatic N) is 1. The van der Waals surface area contributed by atoms with Gasteiger partial charge in [-0.25, -0.2) is 8.42 Å². The summed E-state index contributed by atoms with van der Waals surface area (Å²) in [5.41, 5.74) is 1.91. The minimum absolute atomic E-state index is 0.0293. The number of ether oxygens (including phenoxy) is 1. The number of aryl methyl sites for hydroxylation is 2. The fourth-order valence-electron chi connectivity index (χ4n) is 4.33. The maximum Gasteiger partial charge on any atom is 0.253 e. The zero-order chi connectivity index (χ0) is 23.6. The van der Waals surface area contributed by atoms with Crippen LogP contribution in [0.5, 0.6) is 5.75 Å². The van der Waals surface area contributed by atoms with Gasteiger partial charge in [-0.2, -0.15) is 4.31 Å². The van der Waals surface area contributed by atoms with Crippen LogP contribution in [0, 0.1) is 25.7 Å². The molecule has 32 heavy (non-hydrogen) atoms. The van der Waals surface area contributed by atoms with E-state index in [1.54, 1.807) is 6.92 Å². The average Bonchev–Trinajstić information content (AvgIpc) is 2.71. The molecule has 1 saturated heterocycles. The van der Waals surface area contributed by atoms with E-state index >= 15 is 0 Å². The fourth-order valence-corrected chi connectivity index (χ4v) is 6.19. The number of piperidine rings is 1. The van der Waals surface area contributed by atoms with Gasteiger partial charge in [0.25, 0.3) is 11.5 Å². The third kappa shape index (κ3) is 5.05. The molecule has 174 valence electrons. The molecule has 0 saturated carbocycles. The summed E-state index contributed by atoms with van der Waals surface area (Å²) in [7, 11) is -2.43. The number of aromatic amines is 1. The average molecular weight is 462 g/mol. The standard InChI is InChI=1S/C23H31N3O5S/c1-14-8-15(2)13-26(12-14)32(29,30)21-10-18(6-7-20(21)31-5)22(27)24-11-19-16(3)9-17(4)25-23(19)28/h6-7,9-10,14-15H,8,11-13H2,1-5H3,(H,24,27)(H,25,28)/t14-,15-/m0/s1. The van der Waals surface area contributed by atoms with E-state index in [0.717, 1.165) is 17.7 Å². The molecule has 1 fully saturated rings. The monoisotopic (exact) mass is 461 g/mol. The molecule has 1 aliphatic rings. The second-order valence-corrected chi connectivity index (χ2v) is 10.7. The predicted molar refractivity (Wildman–Crippen MR) is 122 cm³/mol. The number of hydrogen-bond donors (Lipinski definition) is 2. The van der Waals surface area contributed by atoms with Gasteiger partial charge in [-0.05, 0) is 61.9 Å². The molecule has 3 rings (SSSR count). The minimum Gasteiger partial charge on any atom is -0.495 e. The first-order valence-electron chi connectivity index (χ1n) is 10.7. The lowest BCUT2D eigenvalue weighted by Gasteiger charge is -2.34. The molecule has 0 radical (unpaired) electrons. The summed E-state index contributed by atoms with van der Waals surface area (Å²) in [5.74, 6) is 0.228. The number of rotatable bonds is 6. The van der Waals surface area contributed by atoms with E-state index in [9.17, 15) is 18.0 Å². The van der Waals surface area contributed by atoms with Gasteiger partial charge in [0.2, 0.25) is 10.0 Å². The number of methoxy groups -OCH3 is 1. The number of hydrogen-bond acceptors (Lipinski definition) is 5. The highest BCUT2D eigenvalue weighted by Gasteiger charge is 2.34. The van der Waals surface area contributed by atoms with Gasteiger partial charge >= 0.3 is 0 Å². The Morgan fingerprint density at radius 2 is 1.84 bits per heavy atom. The molecule has 1 aromatic carbocycles. The Hall–Kier alpha value is -2.65. The van der Waals surface area contributed by atoms with Crippen LogP contribution in [0.25, 0.3) is 0 Å². The Morgan fingerprint density at radius 1 is 1.19 bits per heavy atom. The second kappa shape index (κ2) is 9.46. The topological polar surface area (TPSA) is 109 Å². The Morgan fingerprint density at radius 3 is 2.44 bits per heavy atom. The van der Waals surface area contributed by atoms with Crippen LogP contribution in [0.2, 0.25) is 0 Å². The van der Waals surface area contributed by atoms with Gasteiger partial charge in [0.15, 0.2) is 0 Å². The van der Waals surface area contributed by atoms with Gasteiger partial charge in [-0.3, -0.25) is 9.59 Å². The van der Waals surface area contributed by atoms with Crippen LogP contribution in [-0.2, 0) is 16.6 Å². The summed E-state index contributed by atoms with van der Waals surface area (Å²) in [4.78, 5) is 27.7. The van der Waals surface area contributed by atoms with Crippen LogP contribution in [-0.4, -0.2) is 43.8 Å². The Bertz CT molecular complexity index is 1160. The van der Waals surface area contributed by atoms with Crippen molar-refractivity contribution in [3.8, 4) is 5.75 Å². The molecule has 0 unspecified atom stereocenters. The summed E-state index contributed by atoms with van der Waals surface area (Å²) in [5, 5.41) is 2.72. The van der Waals surface area contributed by atoms with Gasteiger partial charge in [-0.1, -0.05) is 13.8 Å². The van der Waals surface area contributed by atoms with Crippen molar-refractivity contribution < 1.29 is 17.9 Å². The van der Waals surface area contributed by atoms with Crippen molar-refractivity contribution >= 4 is 15.9 Å². The van der Waals surface area contributed by atoms with Crippen molar-refractivity contribution in [1.82, 2.24) is 14.6 Å². The van der Waals surface area contributed by atoms with E-state index in [0.29, 0.717) is 18.7 Å². The highest BCUT2D eigenvalue weighted by molar-refractivity contribution is 7.89. The van der Waals surface area contributed by atoms with Gasteiger partial charge in [0.05, 0.1) is 7.11 Å². The highest BCUT2D eigenvalue weighted by atomic mass is 32.2. The van der Waals surface area contributed by atoms with E-state index in [2.05, 4.69) is 10.3 Å². The number of carbonyl (C=O) groups excluding carboxylic acids is 1. The Kier molecular flexibility index (Phi) is 7.09. The summed E-state index contributed by atoms with van der Waals surface area (Å²) in [6.07, 6.45) is 0.975. The van der Waals surface area contributed by atoms with Crippen molar-refractivity contribution in [3.63, 3.8) is 0 Å². The molecule has 2 heterocycles. The fraction of sp³-hybridized carbons (Fsp3) is 0.478. The number of pyridine rings is 1. The van der Waals surface area contributed by atoms with Crippen LogP contribution in [0.3, 0.4) is 0 Å². The summed E-state index contributed by atoms with van der Waals surface area (Å²) in [6, 6.07) is 6.19. The van der Waals surface area contributed by atoms with E-state index in [1.807, 2.05) is 26.8 Å². The zero-order valence-corrected chi connectivity index (χ0v) is 20.0. The second-order valence-electron chi connectivity index (χ2n) is 8.76. The largest absolute Gasteiger partial charge is 0.495 e. The van der Waals surface area contributed by atoms with Crippen molar-refractivity contribution in [2.45, 2.75) is 45.6 Å².